The second-order valence-electron chi connectivity index (χ2n) is 8.03. The third-order valence-corrected chi connectivity index (χ3v) is 5.90. The van der Waals surface area contributed by atoms with Crippen molar-refractivity contribution >= 4 is 34.4 Å². The number of carbonyl (C=O) groups is 2. The molecule has 7 nitrogen and oxygen atoms in total. The van der Waals surface area contributed by atoms with Crippen LogP contribution in [0.2, 0.25) is 5.02 Å². The second-order valence-corrected chi connectivity index (χ2v) is 8.46. The lowest BCUT2D eigenvalue weighted by Crippen LogP contribution is -2.38. The first-order valence-corrected chi connectivity index (χ1v) is 12.0. The van der Waals surface area contributed by atoms with Crippen molar-refractivity contribution in [3.05, 3.63) is 69.7 Å². The van der Waals surface area contributed by atoms with Gasteiger partial charge in [-0.2, -0.15) is 0 Å². The number of esters is 1. The van der Waals surface area contributed by atoms with Crippen LogP contribution in [0.5, 0.6) is 0 Å². The molecule has 34 heavy (non-hydrogen) atoms. The molecule has 0 spiro atoms. The highest BCUT2D eigenvalue weighted by molar-refractivity contribution is 6.30. The Bertz CT molecular complexity index is 1210. The summed E-state index contributed by atoms with van der Waals surface area (Å²) in [6, 6.07) is 13.6. The van der Waals surface area contributed by atoms with E-state index in [4.69, 9.17) is 21.3 Å². The minimum atomic E-state index is -0.505. The highest BCUT2D eigenvalue weighted by Crippen LogP contribution is 2.25. The van der Waals surface area contributed by atoms with Crippen molar-refractivity contribution in [3.8, 4) is 5.69 Å². The van der Waals surface area contributed by atoms with Gasteiger partial charge in [0.15, 0.2) is 0 Å². The molecule has 8 heteroatoms. The lowest BCUT2D eigenvalue weighted by atomic mass is 10.1. The van der Waals surface area contributed by atoms with Crippen LogP contribution < -0.4 is 5.56 Å². The van der Waals surface area contributed by atoms with Crippen LogP contribution in [0, 0.1) is 0 Å². The largest absolute Gasteiger partial charge is 0.466 e. The topological polar surface area (TPSA) is 81.5 Å². The number of aromatic nitrogens is 2. The summed E-state index contributed by atoms with van der Waals surface area (Å²) in [6.45, 7) is 6.40. The molecule has 1 amide bonds. The first-order valence-electron chi connectivity index (χ1n) is 11.6. The van der Waals surface area contributed by atoms with Gasteiger partial charge in [-0.05, 0) is 56.7 Å². The molecule has 3 aromatic rings. The average Bonchev–Trinajstić information content (AvgIpc) is 2.83. The van der Waals surface area contributed by atoms with Gasteiger partial charge in [0.1, 0.15) is 5.82 Å². The Labute approximate surface area is 204 Å². The van der Waals surface area contributed by atoms with Gasteiger partial charge in [0, 0.05) is 18.0 Å². The number of rotatable bonds is 10. The fraction of sp³-hybridized carbons (Fsp3) is 0.385. The van der Waals surface area contributed by atoms with Crippen LogP contribution in [0.3, 0.4) is 0 Å². The van der Waals surface area contributed by atoms with Crippen molar-refractivity contribution in [1.29, 1.82) is 0 Å². The summed E-state index contributed by atoms with van der Waals surface area (Å²) < 4.78 is 6.51. The summed E-state index contributed by atoms with van der Waals surface area (Å²) in [5.41, 5.74) is 0.960. The number of halogens is 1. The van der Waals surface area contributed by atoms with Crippen LogP contribution >= 0.6 is 11.6 Å². The van der Waals surface area contributed by atoms with Gasteiger partial charge < -0.3 is 9.64 Å². The number of unbranched alkanes of at least 4 members (excludes halogenated alkanes) is 1. The minimum Gasteiger partial charge on any atom is -0.466 e. The van der Waals surface area contributed by atoms with E-state index in [0.717, 1.165) is 12.8 Å². The van der Waals surface area contributed by atoms with E-state index >= 15 is 0 Å². The van der Waals surface area contributed by atoms with Crippen LogP contribution in [0.25, 0.3) is 16.6 Å². The number of ether oxygens (including phenoxy) is 1. The molecule has 0 aliphatic carbocycles. The molecular formula is C26H30ClN3O4. The van der Waals surface area contributed by atoms with Crippen molar-refractivity contribution in [2.45, 2.75) is 52.5 Å². The molecule has 0 radical (unpaired) electrons. The highest BCUT2D eigenvalue weighted by atomic mass is 35.5. The van der Waals surface area contributed by atoms with E-state index in [1.165, 1.54) is 0 Å². The molecule has 0 saturated heterocycles. The Balaban J connectivity index is 2.08. The molecule has 0 aliphatic rings. The summed E-state index contributed by atoms with van der Waals surface area (Å²) in [7, 11) is 0. The van der Waals surface area contributed by atoms with Crippen LogP contribution in [0.4, 0.5) is 0 Å². The van der Waals surface area contributed by atoms with Crippen molar-refractivity contribution in [3.63, 3.8) is 0 Å². The molecule has 1 heterocycles. The Morgan fingerprint density at radius 1 is 1.09 bits per heavy atom. The molecule has 1 unspecified atom stereocenters. The van der Waals surface area contributed by atoms with E-state index < -0.39 is 12.0 Å². The van der Waals surface area contributed by atoms with Gasteiger partial charge in [-0.3, -0.25) is 19.0 Å². The summed E-state index contributed by atoms with van der Waals surface area (Å²) in [5, 5.41) is 1.04. The van der Waals surface area contributed by atoms with Crippen LogP contribution in [-0.2, 0) is 14.3 Å². The van der Waals surface area contributed by atoms with E-state index in [1.807, 2.05) is 19.9 Å². The summed E-state index contributed by atoms with van der Waals surface area (Å²) in [4.78, 5) is 45.1. The normalized spacial score (nSPS) is 11.9. The van der Waals surface area contributed by atoms with E-state index in [2.05, 4.69) is 0 Å². The fourth-order valence-corrected chi connectivity index (χ4v) is 3.98. The SMILES string of the molecule is CCCCN(C(=O)CCC(=O)OCC)C(C)c1nc2ccccc2c(=O)n1-c1ccc(Cl)cc1. The molecule has 0 saturated carbocycles. The maximum absolute atomic E-state index is 13.6. The first kappa shape index (κ1) is 25.4. The number of hydrogen-bond acceptors (Lipinski definition) is 5. The predicted molar refractivity (Wildman–Crippen MR) is 133 cm³/mol. The number of benzene rings is 2. The number of amides is 1. The van der Waals surface area contributed by atoms with E-state index in [0.29, 0.717) is 34.0 Å². The molecule has 0 N–H and O–H groups in total. The fourth-order valence-electron chi connectivity index (χ4n) is 3.86. The Hall–Kier alpha value is -3.19. The zero-order valence-electron chi connectivity index (χ0n) is 19.8. The number of para-hydroxylation sites is 1. The van der Waals surface area contributed by atoms with Crippen molar-refractivity contribution in [2.75, 3.05) is 13.2 Å². The highest BCUT2D eigenvalue weighted by Gasteiger charge is 2.27. The molecule has 2 aromatic carbocycles. The number of fused-ring (bicyclic) bond motifs is 1. The van der Waals surface area contributed by atoms with E-state index in [9.17, 15) is 14.4 Å². The van der Waals surface area contributed by atoms with Gasteiger partial charge in [0.05, 0.1) is 35.7 Å². The van der Waals surface area contributed by atoms with Crippen molar-refractivity contribution in [1.82, 2.24) is 14.5 Å². The minimum absolute atomic E-state index is 0.0111. The third-order valence-electron chi connectivity index (χ3n) is 5.65. The van der Waals surface area contributed by atoms with Gasteiger partial charge >= 0.3 is 5.97 Å². The number of carbonyl (C=O) groups excluding carboxylic acids is 2. The average molecular weight is 484 g/mol. The molecule has 180 valence electrons. The van der Waals surface area contributed by atoms with Crippen LogP contribution in [-0.4, -0.2) is 39.5 Å². The molecular weight excluding hydrogens is 454 g/mol. The standard InChI is InChI=1S/C26H30ClN3O4/c1-4-6-17-29(23(31)15-16-24(32)34-5-2)18(3)25-28-22-10-8-7-9-21(22)26(33)30(25)20-13-11-19(27)12-14-20/h7-14,18H,4-6,15-17H2,1-3H3. The molecule has 3 rings (SSSR count). The maximum Gasteiger partial charge on any atom is 0.306 e. The van der Waals surface area contributed by atoms with Crippen molar-refractivity contribution in [2.24, 2.45) is 0 Å². The van der Waals surface area contributed by atoms with Gasteiger partial charge in [0.2, 0.25) is 5.91 Å². The Morgan fingerprint density at radius 2 is 1.79 bits per heavy atom. The van der Waals surface area contributed by atoms with Crippen molar-refractivity contribution < 1.29 is 14.3 Å². The lowest BCUT2D eigenvalue weighted by Gasteiger charge is -2.30. The third kappa shape index (κ3) is 5.83. The first-order chi connectivity index (χ1) is 16.4. The van der Waals surface area contributed by atoms with Gasteiger partial charge in [-0.1, -0.05) is 37.1 Å². The van der Waals surface area contributed by atoms with E-state index in [1.54, 1.807) is 58.9 Å². The maximum atomic E-state index is 13.6. The molecule has 0 aliphatic heterocycles. The van der Waals surface area contributed by atoms with Crippen LogP contribution in [0.1, 0.15) is 58.3 Å². The lowest BCUT2D eigenvalue weighted by molar-refractivity contribution is -0.146. The summed E-state index contributed by atoms with van der Waals surface area (Å²) >= 11 is 6.07. The second kappa shape index (κ2) is 11.8. The molecule has 0 fully saturated rings. The van der Waals surface area contributed by atoms with Gasteiger partial charge in [-0.15, -0.1) is 0 Å². The molecule has 1 aromatic heterocycles. The summed E-state index contributed by atoms with van der Waals surface area (Å²) in [5.74, 6) is -0.133. The van der Waals surface area contributed by atoms with E-state index in [-0.39, 0.29) is 30.9 Å². The quantitative estimate of drug-likeness (QED) is 0.376. The smallest absolute Gasteiger partial charge is 0.306 e. The number of nitrogens with zero attached hydrogens (tertiary/aromatic N) is 3. The predicted octanol–water partition coefficient (Wildman–Crippen LogP) is 5.07. The number of hydrogen-bond donors (Lipinski definition) is 0. The van der Waals surface area contributed by atoms with Crippen LogP contribution in [0.15, 0.2) is 53.3 Å². The van der Waals surface area contributed by atoms with Gasteiger partial charge in [-0.25, -0.2) is 4.98 Å². The Morgan fingerprint density at radius 3 is 2.47 bits per heavy atom. The van der Waals surface area contributed by atoms with Gasteiger partial charge in [0.25, 0.3) is 5.56 Å². The zero-order chi connectivity index (χ0) is 24.7. The summed E-state index contributed by atoms with van der Waals surface area (Å²) in [6.07, 6.45) is 1.72. The Kier molecular flexibility index (Phi) is 8.82. The monoisotopic (exact) mass is 483 g/mol. The molecule has 1 atom stereocenters. The molecule has 0 bridgehead atoms. The zero-order valence-corrected chi connectivity index (χ0v) is 20.5.